The van der Waals surface area contributed by atoms with E-state index in [1.807, 2.05) is 6.07 Å². The van der Waals surface area contributed by atoms with Crippen molar-refractivity contribution in [2.45, 2.75) is 44.2 Å². The fourth-order valence-corrected chi connectivity index (χ4v) is 3.20. The lowest BCUT2D eigenvalue weighted by atomic mass is 9.85. The molecule has 0 atom stereocenters. The molecule has 20 heavy (non-hydrogen) atoms. The Kier molecular flexibility index (Phi) is 5.29. The molecule has 3 N–H and O–H groups in total. The summed E-state index contributed by atoms with van der Waals surface area (Å²) in [6, 6.07) is 3.66. The highest BCUT2D eigenvalue weighted by atomic mass is 79.9. The van der Waals surface area contributed by atoms with E-state index in [-0.39, 0.29) is 5.75 Å². The van der Waals surface area contributed by atoms with Crippen LogP contribution in [0.25, 0.3) is 0 Å². The van der Waals surface area contributed by atoms with Crippen LogP contribution in [0.1, 0.15) is 37.7 Å². The van der Waals surface area contributed by atoms with Crippen molar-refractivity contribution in [3.05, 3.63) is 22.2 Å². The molecule has 5 heteroatoms. The summed E-state index contributed by atoms with van der Waals surface area (Å²) in [6.45, 7) is 1.24. The summed E-state index contributed by atoms with van der Waals surface area (Å²) in [6.07, 6.45) is 5.20. The molecule has 1 aromatic rings. The molecular formula is C15H22BrNO3. The Morgan fingerprint density at radius 1 is 1.30 bits per heavy atom. The van der Waals surface area contributed by atoms with Gasteiger partial charge in [0.15, 0.2) is 11.5 Å². The monoisotopic (exact) mass is 343 g/mol. The molecule has 1 aromatic carbocycles. The van der Waals surface area contributed by atoms with Crippen LogP contribution in [0.3, 0.4) is 0 Å². The predicted molar refractivity (Wildman–Crippen MR) is 82.1 cm³/mol. The van der Waals surface area contributed by atoms with E-state index in [1.165, 1.54) is 13.5 Å². The van der Waals surface area contributed by atoms with Crippen molar-refractivity contribution in [2.24, 2.45) is 0 Å². The number of halogens is 1. The number of ether oxygens (including phenoxy) is 1. The van der Waals surface area contributed by atoms with Crippen LogP contribution in [0.2, 0.25) is 0 Å². The Morgan fingerprint density at radius 2 is 2.00 bits per heavy atom. The minimum absolute atomic E-state index is 0.113. The Bertz CT molecular complexity index is 459. The number of phenols is 1. The summed E-state index contributed by atoms with van der Waals surface area (Å²) in [4.78, 5) is 0. The highest BCUT2D eigenvalue weighted by molar-refractivity contribution is 9.10. The van der Waals surface area contributed by atoms with Crippen molar-refractivity contribution in [3.63, 3.8) is 0 Å². The Labute approximate surface area is 128 Å². The van der Waals surface area contributed by atoms with Crippen LogP contribution in [0, 0.1) is 0 Å². The van der Waals surface area contributed by atoms with Crippen molar-refractivity contribution in [3.8, 4) is 11.5 Å². The zero-order valence-corrected chi connectivity index (χ0v) is 13.4. The van der Waals surface area contributed by atoms with E-state index in [4.69, 9.17) is 4.74 Å². The van der Waals surface area contributed by atoms with Crippen molar-refractivity contribution in [1.29, 1.82) is 0 Å². The van der Waals surface area contributed by atoms with Crippen LogP contribution >= 0.6 is 15.9 Å². The molecule has 0 unspecified atom stereocenters. The van der Waals surface area contributed by atoms with Crippen LogP contribution < -0.4 is 10.1 Å². The third-order valence-electron chi connectivity index (χ3n) is 3.88. The van der Waals surface area contributed by atoms with Gasteiger partial charge in [0.05, 0.1) is 17.2 Å². The molecule has 2 rings (SSSR count). The molecule has 0 spiro atoms. The van der Waals surface area contributed by atoms with Crippen LogP contribution in [-0.2, 0) is 6.54 Å². The summed E-state index contributed by atoms with van der Waals surface area (Å²) in [5.74, 6) is 0.565. The van der Waals surface area contributed by atoms with Gasteiger partial charge < -0.3 is 20.3 Å². The van der Waals surface area contributed by atoms with Gasteiger partial charge in [-0.05, 0) is 46.5 Å². The van der Waals surface area contributed by atoms with Crippen LogP contribution in [0.5, 0.6) is 11.5 Å². The molecule has 0 aliphatic heterocycles. The number of benzene rings is 1. The number of nitrogens with one attached hydrogen (secondary N) is 1. The first-order valence-electron chi connectivity index (χ1n) is 7.02. The lowest BCUT2D eigenvalue weighted by Crippen LogP contribution is -2.41. The topological polar surface area (TPSA) is 61.7 Å². The van der Waals surface area contributed by atoms with Gasteiger partial charge in [0.1, 0.15) is 0 Å². The third-order valence-corrected chi connectivity index (χ3v) is 4.48. The summed E-state index contributed by atoms with van der Waals surface area (Å²) in [5, 5.41) is 23.5. The van der Waals surface area contributed by atoms with Gasteiger partial charge in [-0.25, -0.2) is 0 Å². The van der Waals surface area contributed by atoms with Gasteiger partial charge in [-0.15, -0.1) is 0 Å². The molecule has 0 heterocycles. The molecular weight excluding hydrogens is 322 g/mol. The SMILES string of the molecule is COc1cc(CNCC2(O)CCCCC2)cc(Br)c1O. The smallest absolute Gasteiger partial charge is 0.172 e. The number of rotatable bonds is 5. The lowest BCUT2D eigenvalue weighted by molar-refractivity contribution is 0.00467. The first-order chi connectivity index (χ1) is 9.54. The Balaban J connectivity index is 1.92. The maximum atomic E-state index is 10.4. The van der Waals surface area contributed by atoms with Crippen molar-refractivity contribution < 1.29 is 14.9 Å². The molecule has 112 valence electrons. The maximum absolute atomic E-state index is 10.4. The largest absolute Gasteiger partial charge is 0.503 e. The second-order valence-electron chi connectivity index (χ2n) is 5.52. The number of aliphatic hydroxyl groups is 1. The van der Waals surface area contributed by atoms with E-state index in [2.05, 4.69) is 21.2 Å². The van der Waals surface area contributed by atoms with E-state index in [0.29, 0.717) is 23.3 Å². The van der Waals surface area contributed by atoms with Crippen molar-refractivity contribution in [1.82, 2.24) is 5.32 Å². The zero-order valence-electron chi connectivity index (χ0n) is 11.8. The van der Waals surface area contributed by atoms with Gasteiger partial charge in [-0.1, -0.05) is 19.3 Å². The predicted octanol–water partition coefficient (Wildman–Crippen LogP) is 2.95. The van der Waals surface area contributed by atoms with Crippen molar-refractivity contribution >= 4 is 15.9 Å². The zero-order chi connectivity index (χ0) is 14.6. The van der Waals surface area contributed by atoms with Gasteiger partial charge in [0, 0.05) is 13.1 Å². The lowest BCUT2D eigenvalue weighted by Gasteiger charge is -2.32. The van der Waals surface area contributed by atoms with E-state index >= 15 is 0 Å². The third kappa shape index (κ3) is 3.87. The average Bonchev–Trinajstić information content (AvgIpc) is 2.43. The number of hydrogen-bond donors (Lipinski definition) is 3. The van der Waals surface area contributed by atoms with Gasteiger partial charge in [-0.3, -0.25) is 0 Å². The number of phenolic OH excluding ortho intramolecular Hbond substituents is 1. The van der Waals surface area contributed by atoms with Gasteiger partial charge in [0.25, 0.3) is 0 Å². The first kappa shape index (κ1) is 15.6. The normalized spacial score (nSPS) is 17.9. The number of methoxy groups -OCH3 is 1. The van der Waals surface area contributed by atoms with Crippen molar-refractivity contribution in [2.75, 3.05) is 13.7 Å². The Morgan fingerprint density at radius 3 is 2.65 bits per heavy atom. The molecule has 0 bridgehead atoms. The number of aromatic hydroxyl groups is 1. The van der Waals surface area contributed by atoms with Crippen LogP contribution in [0.15, 0.2) is 16.6 Å². The summed E-state index contributed by atoms with van der Waals surface area (Å²) < 4.78 is 5.74. The quantitative estimate of drug-likeness (QED) is 0.769. The molecule has 0 saturated heterocycles. The second-order valence-corrected chi connectivity index (χ2v) is 6.37. The standard InChI is InChI=1S/C15H22BrNO3/c1-20-13-8-11(7-12(16)14(13)18)9-17-10-15(19)5-3-2-4-6-15/h7-8,17-19H,2-6,9-10H2,1H3. The molecule has 0 radical (unpaired) electrons. The Hall–Kier alpha value is -0.780. The van der Waals surface area contributed by atoms with Gasteiger partial charge >= 0.3 is 0 Å². The molecule has 1 aliphatic carbocycles. The summed E-state index contributed by atoms with van der Waals surface area (Å²) in [7, 11) is 1.53. The number of hydrogen-bond acceptors (Lipinski definition) is 4. The second kappa shape index (κ2) is 6.78. The summed E-state index contributed by atoms with van der Waals surface area (Å²) in [5.41, 5.74) is 0.446. The average molecular weight is 344 g/mol. The van der Waals surface area contributed by atoms with E-state index in [0.717, 1.165) is 31.2 Å². The van der Waals surface area contributed by atoms with E-state index in [1.54, 1.807) is 6.07 Å². The minimum atomic E-state index is -0.559. The van der Waals surface area contributed by atoms with Gasteiger partial charge in [0.2, 0.25) is 0 Å². The fourth-order valence-electron chi connectivity index (χ4n) is 2.71. The molecule has 1 saturated carbocycles. The van der Waals surface area contributed by atoms with E-state index in [9.17, 15) is 10.2 Å². The molecule has 1 aliphatic rings. The highest BCUT2D eigenvalue weighted by Crippen LogP contribution is 2.35. The molecule has 0 aromatic heterocycles. The van der Waals surface area contributed by atoms with Crippen LogP contribution in [0.4, 0.5) is 0 Å². The highest BCUT2D eigenvalue weighted by Gasteiger charge is 2.28. The molecule has 1 fully saturated rings. The summed E-state index contributed by atoms with van der Waals surface area (Å²) >= 11 is 3.31. The minimum Gasteiger partial charge on any atom is -0.503 e. The first-order valence-corrected chi connectivity index (χ1v) is 7.82. The molecule has 0 amide bonds. The van der Waals surface area contributed by atoms with Crippen LogP contribution in [-0.4, -0.2) is 29.5 Å². The fraction of sp³-hybridized carbons (Fsp3) is 0.600. The van der Waals surface area contributed by atoms with Gasteiger partial charge in [-0.2, -0.15) is 0 Å². The maximum Gasteiger partial charge on any atom is 0.172 e. The molecule has 4 nitrogen and oxygen atoms in total. The van der Waals surface area contributed by atoms with E-state index < -0.39 is 5.60 Å².